The van der Waals surface area contributed by atoms with Crippen molar-refractivity contribution in [3.63, 3.8) is 0 Å². The highest BCUT2D eigenvalue weighted by Gasteiger charge is 2.77. The van der Waals surface area contributed by atoms with Crippen LogP contribution < -0.4 is 0 Å². The smallest absolute Gasteiger partial charge is 0.310 e. The number of likely N-dealkylation sites (tertiary alicyclic amines) is 1. The van der Waals surface area contributed by atoms with Crippen molar-refractivity contribution in [1.29, 1.82) is 0 Å². The molecular weight excluding hydrogens is 492 g/mol. The normalized spacial score (nSPS) is 33.4. The van der Waals surface area contributed by atoms with Crippen molar-refractivity contribution in [1.82, 2.24) is 9.80 Å². The number of alkyl halides is 1. The minimum absolute atomic E-state index is 0.0518. The van der Waals surface area contributed by atoms with Crippen molar-refractivity contribution >= 4 is 33.7 Å². The van der Waals surface area contributed by atoms with Crippen molar-refractivity contribution in [2.45, 2.75) is 82.0 Å². The lowest BCUT2D eigenvalue weighted by Crippen LogP contribution is -2.61. The van der Waals surface area contributed by atoms with Gasteiger partial charge in [0.15, 0.2) is 0 Å². The van der Waals surface area contributed by atoms with Gasteiger partial charge in [0.25, 0.3) is 0 Å². The molecule has 3 fully saturated rings. The topological polar surface area (TPSA) is 107 Å². The third kappa shape index (κ3) is 4.36. The minimum Gasteiger partial charge on any atom is -0.481 e. The molecule has 33 heavy (non-hydrogen) atoms. The third-order valence-corrected chi connectivity index (χ3v) is 7.98. The molecule has 9 heteroatoms. The zero-order valence-corrected chi connectivity index (χ0v) is 21.8. The van der Waals surface area contributed by atoms with Gasteiger partial charge >= 0.3 is 5.97 Å². The monoisotopic (exact) mass is 528 g/mol. The van der Waals surface area contributed by atoms with Gasteiger partial charge < -0.3 is 24.7 Å². The number of hydrogen-bond donors (Lipinski definition) is 2. The number of hydrogen-bond acceptors (Lipinski definition) is 5. The van der Waals surface area contributed by atoms with E-state index in [1.54, 1.807) is 11.0 Å². The van der Waals surface area contributed by atoms with E-state index in [0.29, 0.717) is 19.4 Å². The molecular formula is C24H37BrN2O6. The summed E-state index contributed by atoms with van der Waals surface area (Å²) in [6, 6.07) is -0.949. The fourth-order valence-electron chi connectivity index (χ4n) is 6.48. The molecule has 2 N–H and O–H groups in total. The lowest BCUT2D eigenvalue weighted by Gasteiger charge is -2.45. The van der Waals surface area contributed by atoms with Crippen LogP contribution >= 0.6 is 15.9 Å². The summed E-state index contributed by atoms with van der Waals surface area (Å²) in [7, 11) is 0. The molecule has 3 aliphatic rings. The number of carboxylic acid groups (broad SMARTS) is 1. The molecule has 3 rings (SSSR count). The Balaban J connectivity index is 2.08. The largest absolute Gasteiger partial charge is 0.481 e. The molecule has 0 aliphatic carbocycles. The highest BCUT2D eigenvalue weighted by atomic mass is 79.9. The van der Waals surface area contributed by atoms with E-state index in [1.165, 1.54) is 4.90 Å². The second-order valence-electron chi connectivity index (χ2n) is 11.4. The zero-order valence-electron chi connectivity index (χ0n) is 20.2. The van der Waals surface area contributed by atoms with Crippen LogP contribution in [0.5, 0.6) is 0 Å². The average Bonchev–Trinajstić information content (AvgIpc) is 3.25. The fraction of sp³-hybridized carbons (Fsp3) is 0.792. The first kappa shape index (κ1) is 26.2. The molecule has 8 nitrogen and oxygen atoms in total. The Bertz CT molecular complexity index is 824. The van der Waals surface area contributed by atoms with Crippen LogP contribution in [-0.2, 0) is 19.1 Å². The minimum atomic E-state index is -1.21. The molecule has 0 saturated carbocycles. The number of nitrogens with zero attached hydrogens (tertiary/aromatic N) is 2. The van der Waals surface area contributed by atoms with Gasteiger partial charge in [-0.25, -0.2) is 0 Å². The summed E-state index contributed by atoms with van der Waals surface area (Å²) in [4.78, 5) is 42.9. The maximum absolute atomic E-state index is 14.3. The number of ether oxygens (including phenoxy) is 1. The first-order valence-electron chi connectivity index (χ1n) is 11.6. The van der Waals surface area contributed by atoms with Crippen LogP contribution in [0.3, 0.4) is 0 Å². The number of aliphatic hydroxyl groups is 1. The van der Waals surface area contributed by atoms with Gasteiger partial charge in [-0.3, -0.25) is 14.4 Å². The Morgan fingerprint density at radius 3 is 2.48 bits per heavy atom. The summed E-state index contributed by atoms with van der Waals surface area (Å²) in [5.41, 5.74) is -1.80. The van der Waals surface area contributed by atoms with E-state index in [9.17, 15) is 24.6 Å². The number of carboxylic acids is 1. The van der Waals surface area contributed by atoms with E-state index < -0.39 is 41.1 Å². The second-order valence-corrected chi connectivity index (χ2v) is 12.6. The number of carbonyl (C=O) groups excluding carboxylic acids is 2. The van der Waals surface area contributed by atoms with Crippen LogP contribution in [0.2, 0.25) is 0 Å². The van der Waals surface area contributed by atoms with Crippen LogP contribution in [0.25, 0.3) is 0 Å². The molecule has 3 aliphatic heterocycles. The molecule has 0 radical (unpaired) electrons. The van der Waals surface area contributed by atoms with Gasteiger partial charge in [-0.1, -0.05) is 42.8 Å². The van der Waals surface area contributed by atoms with Crippen molar-refractivity contribution in [3.8, 4) is 0 Å². The highest BCUT2D eigenvalue weighted by molar-refractivity contribution is 9.09. The maximum Gasteiger partial charge on any atom is 0.310 e. The van der Waals surface area contributed by atoms with Crippen molar-refractivity contribution in [2.75, 3.05) is 19.7 Å². The van der Waals surface area contributed by atoms with E-state index >= 15 is 0 Å². The summed E-state index contributed by atoms with van der Waals surface area (Å²) in [6.07, 6.45) is 2.40. The van der Waals surface area contributed by atoms with Gasteiger partial charge in [-0.05, 0) is 38.5 Å². The van der Waals surface area contributed by atoms with Crippen LogP contribution in [0.4, 0.5) is 0 Å². The van der Waals surface area contributed by atoms with Crippen LogP contribution in [-0.4, -0.2) is 85.6 Å². The first-order chi connectivity index (χ1) is 15.2. The van der Waals surface area contributed by atoms with E-state index in [0.717, 1.165) is 6.42 Å². The number of carbonyl (C=O) groups is 3. The van der Waals surface area contributed by atoms with E-state index in [4.69, 9.17) is 4.74 Å². The second kappa shape index (κ2) is 8.96. The lowest BCUT2D eigenvalue weighted by molar-refractivity contribution is -0.153. The summed E-state index contributed by atoms with van der Waals surface area (Å²) < 4.78 is 6.30. The molecule has 1 spiro atoms. The van der Waals surface area contributed by atoms with Gasteiger partial charge in [0.2, 0.25) is 11.8 Å². The first-order valence-corrected chi connectivity index (χ1v) is 12.5. The van der Waals surface area contributed by atoms with Gasteiger partial charge in [-0.2, -0.15) is 0 Å². The van der Waals surface area contributed by atoms with Gasteiger partial charge in [0.1, 0.15) is 11.6 Å². The number of aliphatic hydroxyl groups excluding tert-OH is 1. The Kier molecular flexibility index (Phi) is 7.11. The van der Waals surface area contributed by atoms with Crippen molar-refractivity contribution in [2.24, 2.45) is 17.3 Å². The van der Waals surface area contributed by atoms with Gasteiger partial charge in [0, 0.05) is 30.1 Å². The Hall–Kier alpha value is -1.45. The molecule has 0 aromatic heterocycles. The fourth-order valence-corrected chi connectivity index (χ4v) is 7.42. The van der Waals surface area contributed by atoms with Crippen LogP contribution in [0.1, 0.15) is 53.9 Å². The Morgan fingerprint density at radius 1 is 1.33 bits per heavy atom. The van der Waals surface area contributed by atoms with Crippen molar-refractivity contribution < 1.29 is 29.3 Å². The number of halogens is 1. The van der Waals surface area contributed by atoms with Crippen molar-refractivity contribution in [3.05, 3.63) is 12.7 Å². The Morgan fingerprint density at radius 2 is 1.97 bits per heavy atom. The SMILES string of the molecule is C=CCN(C(=O)[C@@H]1N(CCCO)C(=O)[C@H]2[C@H](C(=O)O)[C@H]3O[C@@]12CC3Br)C(C)(C)CC(C)(C)C. The highest BCUT2D eigenvalue weighted by Crippen LogP contribution is 2.60. The maximum atomic E-state index is 14.3. The predicted molar refractivity (Wildman–Crippen MR) is 127 cm³/mol. The molecule has 2 bridgehead atoms. The Labute approximate surface area is 204 Å². The predicted octanol–water partition coefficient (Wildman–Crippen LogP) is 2.43. The molecule has 6 atom stereocenters. The van der Waals surface area contributed by atoms with Gasteiger partial charge in [0.05, 0.1) is 17.9 Å². The van der Waals surface area contributed by atoms with E-state index in [1.807, 2.05) is 13.8 Å². The molecule has 3 heterocycles. The third-order valence-electron chi connectivity index (χ3n) is 7.14. The number of aliphatic carboxylic acids is 1. The van der Waals surface area contributed by atoms with Crippen LogP contribution in [0, 0.1) is 17.3 Å². The standard InChI is InChI=1S/C24H37BrN2O6/c1-7-9-27(23(5,6)13-22(2,3)4)20(30)18-24-12-14(25)17(33-24)15(21(31)32)16(24)19(29)26(18)10-8-11-28/h7,14-18,28H,1,8-13H2,2-6H3,(H,31,32)/t14?,15-,16+,17-,18-,24+/m0/s1. The molecule has 186 valence electrons. The summed E-state index contributed by atoms with van der Waals surface area (Å²) in [6.45, 7) is 14.5. The summed E-state index contributed by atoms with van der Waals surface area (Å²) in [5, 5.41) is 19.4. The van der Waals surface area contributed by atoms with E-state index in [2.05, 4.69) is 43.3 Å². The summed E-state index contributed by atoms with van der Waals surface area (Å²) in [5.74, 6) is -3.65. The molecule has 2 amide bonds. The number of fused-ring (bicyclic) bond motifs is 1. The quantitative estimate of drug-likeness (QED) is 0.351. The number of amides is 2. The summed E-state index contributed by atoms with van der Waals surface area (Å²) >= 11 is 3.55. The van der Waals surface area contributed by atoms with Crippen LogP contribution in [0.15, 0.2) is 12.7 Å². The zero-order chi connectivity index (χ0) is 24.9. The molecule has 3 saturated heterocycles. The lowest BCUT2D eigenvalue weighted by atomic mass is 9.70. The average molecular weight is 529 g/mol. The molecule has 0 aromatic carbocycles. The van der Waals surface area contributed by atoms with Gasteiger partial charge in [-0.15, -0.1) is 6.58 Å². The molecule has 0 aromatic rings. The molecule has 1 unspecified atom stereocenters. The number of rotatable bonds is 9. The van der Waals surface area contributed by atoms with E-state index in [-0.39, 0.29) is 35.2 Å².